The number of halogens is 1. The first kappa shape index (κ1) is 56.7. The second kappa shape index (κ2) is 22.3. The van der Waals surface area contributed by atoms with E-state index < -0.39 is 0 Å². The first-order valence-electron chi connectivity index (χ1n) is 34.1. The minimum atomic E-state index is -0.336. The minimum Gasteiger partial charge on any atom is -0.456 e. The summed E-state index contributed by atoms with van der Waals surface area (Å²) in [7, 11) is 0. The minimum absolute atomic E-state index is 0.336. The second-order valence-electron chi connectivity index (χ2n) is 26.4. The monoisotopic (exact) mass is 1290 g/mol. The Labute approximate surface area is 577 Å². The highest BCUT2D eigenvalue weighted by Gasteiger charge is 2.25. The maximum absolute atomic E-state index is 17.0. The highest BCUT2D eigenvalue weighted by atomic mass is 19.1. The third kappa shape index (κ3) is 9.10. The summed E-state index contributed by atoms with van der Waals surface area (Å²) >= 11 is 0. The highest BCUT2D eigenvalue weighted by Crippen LogP contribution is 2.50. The molecule has 472 valence electrons. The third-order valence-electron chi connectivity index (χ3n) is 20.6. The number of furan rings is 4. The van der Waals surface area contributed by atoms with Crippen LogP contribution in [0.1, 0.15) is 0 Å². The molecule has 0 N–H and O–H groups in total. The SMILES string of the molecule is Fc1cc2c(cc1-c1ccc(-c3cc(-c4ccccc4)c4oc5cc(N(c6ccc7c(c6)oc6cc(-c8ccccc8)ccc67)c6cc7ccccc7c7ccccc67)ccc5c4c3)cc1)oc1cc(N(c3ccc4c(c3)oc3ccccc34)c3cc4ccccc4c4ccccc34)ccc12. The molecular formula is C94H55FN2O4. The molecule has 17 aromatic carbocycles. The molecule has 7 heteroatoms. The molecule has 0 saturated heterocycles. The molecule has 0 aliphatic carbocycles. The molecule has 21 rings (SSSR count). The predicted molar refractivity (Wildman–Crippen MR) is 417 cm³/mol. The number of rotatable bonds is 10. The lowest BCUT2D eigenvalue weighted by Gasteiger charge is -2.27. The normalized spacial score (nSPS) is 12.0. The van der Waals surface area contributed by atoms with Gasteiger partial charge < -0.3 is 27.5 Å². The van der Waals surface area contributed by atoms with Crippen LogP contribution in [-0.2, 0) is 0 Å². The predicted octanol–water partition coefficient (Wildman–Crippen LogP) is 27.6. The largest absolute Gasteiger partial charge is 0.456 e. The molecule has 0 saturated carbocycles. The summed E-state index contributed by atoms with van der Waals surface area (Å²) in [6.45, 7) is 0. The van der Waals surface area contributed by atoms with Crippen molar-refractivity contribution in [2.45, 2.75) is 0 Å². The van der Waals surface area contributed by atoms with Crippen molar-refractivity contribution in [3.8, 4) is 44.5 Å². The zero-order valence-electron chi connectivity index (χ0n) is 54.2. The van der Waals surface area contributed by atoms with E-state index in [9.17, 15) is 0 Å². The van der Waals surface area contributed by atoms with Gasteiger partial charge in [-0.25, -0.2) is 4.39 Å². The standard InChI is InChI=1S/C94H55FN2O4/c95-84-54-82-78-43-38-66(96(64-36-41-76-74-29-15-16-30-87(74)98-89(76)50-64)85-47-61-21-7-9-23-68(61)70-25-11-13-27-72(70)85)52-91(78)100-93(82)55-80(84)59-33-31-57(32-34-59)63-45-81(58-19-5-2-6-20-58)94-83(46-63)79-44-39-67(53-92(79)101-94)97(86-48-62-22-8-10-24-69(62)71-26-12-14-28-73(71)86)65-37-42-77-75-40-35-60(56-17-3-1-4-18-56)49-88(75)99-90(77)51-65/h1-55H. The van der Waals surface area contributed by atoms with Gasteiger partial charge >= 0.3 is 0 Å². The van der Waals surface area contributed by atoms with Gasteiger partial charge in [0.15, 0.2) is 0 Å². The van der Waals surface area contributed by atoms with E-state index in [1.807, 2.05) is 48.5 Å². The van der Waals surface area contributed by atoms with Crippen LogP contribution in [0, 0.1) is 5.82 Å². The van der Waals surface area contributed by atoms with Crippen molar-refractivity contribution in [2.24, 2.45) is 0 Å². The zero-order chi connectivity index (χ0) is 66.4. The molecule has 0 bridgehead atoms. The number of hydrogen-bond acceptors (Lipinski definition) is 6. The van der Waals surface area contributed by atoms with Crippen LogP contribution in [0.3, 0.4) is 0 Å². The zero-order valence-corrected chi connectivity index (χ0v) is 54.2. The van der Waals surface area contributed by atoms with Crippen LogP contribution in [-0.4, -0.2) is 0 Å². The number of benzene rings is 17. The molecule has 21 aromatic rings. The molecule has 4 aromatic heterocycles. The Hall–Kier alpha value is -13.5. The first-order chi connectivity index (χ1) is 49.9. The molecular weight excluding hydrogens is 1240 g/mol. The van der Waals surface area contributed by atoms with Gasteiger partial charge in [-0.3, -0.25) is 0 Å². The Kier molecular flexibility index (Phi) is 12.5. The summed E-state index contributed by atoms with van der Waals surface area (Å²) < 4.78 is 44.3. The van der Waals surface area contributed by atoms with Crippen molar-refractivity contribution in [2.75, 3.05) is 9.80 Å². The molecule has 0 atom stereocenters. The van der Waals surface area contributed by atoms with Gasteiger partial charge in [-0.2, -0.15) is 0 Å². The third-order valence-corrected chi connectivity index (χ3v) is 20.6. The van der Waals surface area contributed by atoms with E-state index in [4.69, 9.17) is 17.7 Å². The summed E-state index contributed by atoms with van der Waals surface area (Å²) in [4.78, 5) is 4.62. The van der Waals surface area contributed by atoms with Crippen molar-refractivity contribution >= 4 is 165 Å². The van der Waals surface area contributed by atoms with E-state index in [1.54, 1.807) is 6.07 Å². The van der Waals surface area contributed by atoms with Crippen molar-refractivity contribution < 1.29 is 22.1 Å². The van der Waals surface area contributed by atoms with E-state index in [0.29, 0.717) is 22.1 Å². The topological polar surface area (TPSA) is 59.0 Å². The maximum Gasteiger partial charge on any atom is 0.143 e. The number of nitrogens with zero attached hydrogens (tertiary/aromatic N) is 2. The maximum atomic E-state index is 17.0. The molecule has 6 nitrogen and oxygen atoms in total. The van der Waals surface area contributed by atoms with Gasteiger partial charge in [0.2, 0.25) is 0 Å². The van der Waals surface area contributed by atoms with E-state index in [2.05, 4.69) is 289 Å². The van der Waals surface area contributed by atoms with Crippen LogP contribution < -0.4 is 9.80 Å². The fourth-order valence-corrected chi connectivity index (χ4v) is 15.9. The Morgan fingerprint density at radius 3 is 1.14 bits per heavy atom. The average Bonchev–Trinajstić information content (AvgIpc) is 1.65. The summed E-state index contributed by atoms with van der Waals surface area (Å²) in [5.41, 5.74) is 19.2. The quantitative estimate of drug-likeness (QED) is 0.127. The van der Waals surface area contributed by atoms with Crippen molar-refractivity contribution in [1.29, 1.82) is 0 Å². The molecule has 0 fully saturated rings. The van der Waals surface area contributed by atoms with Gasteiger partial charge in [0.1, 0.15) is 50.5 Å². The average molecular weight is 1300 g/mol. The Morgan fingerprint density at radius 2 is 0.574 bits per heavy atom. The lowest BCUT2D eigenvalue weighted by atomic mass is 9.94. The fraction of sp³-hybridized carbons (Fsp3) is 0. The molecule has 101 heavy (non-hydrogen) atoms. The van der Waals surface area contributed by atoms with E-state index in [0.717, 1.165) is 171 Å². The van der Waals surface area contributed by atoms with Crippen LogP contribution in [0.4, 0.5) is 38.5 Å². The molecule has 0 unspecified atom stereocenters. The number of anilines is 6. The van der Waals surface area contributed by atoms with Crippen LogP contribution in [0.15, 0.2) is 351 Å². The smallest absolute Gasteiger partial charge is 0.143 e. The summed E-state index contributed by atoms with van der Waals surface area (Å²) in [5.74, 6) is -0.336. The Balaban J connectivity index is 0.659. The van der Waals surface area contributed by atoms with Gasteiger partial charge in [0, 0.05) is 112 Å². The molecule has 4 heterocycles. The van der Waals surface area contributed by atoms with Crippen LogP contribution in [0.2, 0.25) is 0 Å². The number of hydrogen-bond donors (Lipinski definition) is 0. The Bertz CT molecular complexity index is 6980. The molecule has 0 amide bonds. The van der Waals surface area contributed by atoms with Gasteiger partial charge in [-0.15, -0.1) is 0 Å². The van der Waals surface area contributed by atoms with Crippen molar-refractivity contribution in [1.82, 2.24) is 0 Å². The second-order valence-corrected chi connectivity index (χ2v) is 26.4. The van der Waals surface area contributed by atoms with Crippen LogP contribution in [0.25, 0.3) is 175 Å². The van der Waals surface area contributed by atoms with Gasteiger partial charge in [0.25, 0.3) is 0 Å². The summed E-state index contributed by atoms with van der Waals surface area (Å²) in [6, 6.07) is 116. The van der Waals surface area contributed by atoms with E-state index >= 15 is 4.39 Å². The van der Waals surface area contributed by atoms with Crippen molar-refractivity contribution in [3.05, 3.63) is 339 Å². The number of fused-ring (bicyclic) bond motifs is 18. The summed E-state index contributed by atoms with van der Waals surface area (Å²) in [5, 5.41) is 16.9. The van der Waals surface area contributed by atoms with Crippen LogP contribution >= 0.6 is 0 Å². The summed E-state index contributed by atoms with van der Waals surface area (Å²) in [6.07, 6.45) is 0. The van der Waals surface area contributed by atoms with Crippen molar-refractivity contribution in [3.63, 3.8) is 0 Å². The lowest BCUT2D eigenvalue weighted by molar-refractivity contribution is 0.629. The van der Waals surface area contributed by atoms with E-state index in [-0.39, 0.29) is 5.82 Å². The van der Waals surface area contributed by atoms with Gasteiger partial charge in [-0.1, -0.05) is 206 Å². The Morgan fingerprint density at radius 1 is 0.198 bits per heavy atom. The van der Waals surface area contributed by atoms with E-state index in [1.165, 1.54) is 16.2 Å². The van der Waals surface area contributed by atoms with Gasteiger partial charge in [0.05, 0.1) is 11.4 Å². The number of para-hydroxylation sites is 1. The molecule has 0 spiro atoms. The lowest BCUT2D eigenvalue weighted by Crippen LogP contribution is -2.10. The molecule has 0 aliphatic rings. The first-order valence-corrected chi connectivity index (χ1v) is 34.1. The molecule has 0 aliphatic heterocycles. The fourth-order valence-electron chi connectivity index (χ4n) is 15.9. The van der Waals surface area contributed by atoms with Gasteiger partial charge in [-0.05, 0) is 169 Å². The molecule has 0 radical (unpaired) electrons. The highest BCUT2D eigenvalue weighted by molar-refractivity contribution is 6.19. The van der Waals surface area contributed by atoms with Crippen LogP contribution in [0.5, 0.6) is 0 Å².